The van der Waals surface area contributed by atoms with Crippen molar-refractivity contribution < 1.29 is 60.5 Å². The summed E-state index contributed by atoms with van der Waals surface area (Å²) in [7, 11) is 0. The number of ether oxygens (including phenoxy) is 2. The maximum Gasteiger partial charge on any atom is 0.165 e. The van der Waals surface area contributed by atoms with Gasteiger partial charge in [-0.25, -0.2) is 0 Å². The Morgan fingerprint density at radius 1 is 0.299 bits per heavy atom. The minimum atomic E-state index is 0.0603. The molecule has 486 valence electrons. The largest absolute Gasteiger partial charge is 0.507 e. The number of para-hydroxylation sites is 2. The van der Waals surface area contributed by atoms with E-state index in [1.54, 1.807) is 78.9 Å². The summed E-state index contributed by atoms with van der Waals surface area (Å²) in [6.07, 6.45) is 10.8. The second kappa shape index (κ2) is 29.1. The second-order valence-electron chi connectivity index (χ2n) is 24.3. The fourth-order valence-corrected chi connectivity index (χ4v) is 12.9. The lowest BCUT2D eigenvalue weighted by Crippen LogP contribution is -2.15. The number of benzene rings is 13. The molecule has 0 spiro atoms. The quantitative estimate of drug-likeness (QED) is 0.0752. The maximum atomic E-state index is 10.6. The van der Waals surface area contributed by atoms with Gasteiger partial charge in [-0.3, -0.25) is 0 Å². The summed E-state index contributed by atoms with van der Waals surface area (Å²) in [5, 5.41) is 107. The first-order valence-electron chi connectivity index (χ1n) is 32.4. The predicted molar refractivity (Wildman–Crippen MR) is 388 cm³/mol. The van der Waals surface area contributed by atoms with E-state index in [4.69, 9.17) is 9.47 Å². The van der Waals surface area contributed by atoms with Gasteiger partial charge in [0.1, 0.15) is 70.7 Å². The highest BCUT2D eigenvalue weighted by Crippen LogP contribution is 2.47. The van der Waals surface area contributed by atoms with Gasteiger partial charge >= 0.3 is 0 Å². The summed E-state index contributed by atoms with van der Waals surface area (Å²) in [5.74, 6) is 2.93. The summed E-state index contributed by atoms with van der Waals surface area (Å²) in [6, 6.07) is 69.8. The Morgan fingerprint density at radius 3 is 1.21 bits per heavy atom. The molecule has 0 bridgehead atoms. The third kappa shape index (κ3) is 14.3. The van der Waals surface area contributed by atoms with Crippen LogP contribution in [0.15, 0.2) is 237 Å². The Balaban J connectivity index is 0.000000116. The molecule has 3 aliphatic rings. The SMILES string of the molecule is C=Cc1ccc(O)c(-c2ccccc2O)c1.Cc1ccc(O)c(-c2cc3c(cc2O)OCCO3)c1.Oc1c(-c2ccc3ccccc3c2O)ccc2ccccc12.Oc1cc2c(cc1-c1cc3c(cc1O)CCCC3)CCCC2.Oc1ccccc1-c1c(O)ccc2ccccc12. The number of aryl methyl sites for hydroxylation is 5. The first kappa shape index (κ1) is 65.1. The molecule has 0 aromatic heterocycles. The fraction of sp³-hybridized carbons (Fsp3) is 0.129. The fourth-order valence-electron chi connectivity index (χ4n) is 12.9. The van der Waals surface area contributed by atoms with Crippen LogP contribution in [0.2, 0.25) is 0 Å². The molecule has 1 aliphatic heterocycles. The van der Waals surface area contributed by atoms with Gasteiger partial charge in [-0.05, 0) is 193 Å². The number of hydrogen-bond acceptors (Lipinski definition) is 12. The molecule has 0 saturated carbocycles. The molecule has 13 aromatic carbocycles. The highest BCUT2D eigenvalue weighted by molar-refractivity contribution is 6.02. The Kier molecular flexibility index (Phi) is 19.5. The zero-order chi connectivity index (χ0) is 67.7. The van der Waals surface area contributed by atoms with Gasteiger partial charge in [0, 0.05) is 72.5 Å². The summed E-state index contributed by atoms with van der Waals surface area (Å²) < 4.78 is 10.9. The van der Waals surface area contributed by atoms with Crippen LogP contribution in [0.4, 0.5) is 0 Å². The van der Waals surface area contributed by atoms with E-state index >= 15 is 0 Å². The molecule has 16 rings (SSSR count). The summed E-state index contributed by atoms with van der Waals surface area (Å²) in [4.78, 5) is 0. The molecular weight excluding hydrogens is 1210 g/mol. The maximum absolute atomic E-state index is 10.6. The number of rotatable bonds is 6. The summed E-state index contributed by atoms with van der Waals surface area (Å²) >= 11 is 0. The number of fused-ring (bicyclic) bond motifs is 6. The number of phenolic OH excluding ortho intramolecular Hbond substituents is 10. The lowest BCUT2D eigenvalue weighted by Gasteiger charge is -2.21. The van der Waals surface area contributed by atoms with Gasteiger partial charge in [-0.15, -0.1) is 0 Å². The van der Waals surface area contributed by atoms with Crippen LogP contribution >= 0.6 is 0 Å². The van der Waals surface area contributed by atoms with E-state index in [0.717, 1.165) is 80.3 Å². The standard InChI is InChI=1S/C20H22O2.C20H14O2.C16H12O2.C15H14O4.C14H12O2/c21-19-11-15-7-3-1-5-13(15)9-17(19)18-10-14-6-2-4-8-16(14)12-20(18)22;21-19-15-7-3-1-5-13(15)9-11-17(19)18-12-10-14-6-2-4-8-16(14)20(18)22;17-14-8-4-3-7-13(14)16-12-6-2-1-5-11(12)9-10-15(16)18;1-9-2-3-12(16)10(6-9)11-7-14-15(8-13(11)17)19-5-4-18-14;1-2-10-7-8-14(16)12(9-10)11-5-3-4-6-13(11)15/h9-12,21-22H,1-8H2;1-12,21-22H;1-10,17-18H;2-3,6-8,16-17H,4-5H2,1H3;2-9,15-16H,1H2. The molecule has 13 aromatic rings. The smallest absolute Gasteiger partial charge is 0.165 e. The highest BCUT2D eigenvalue weighted by atomic mass is 16.6. The van der Waals surface area contributed by atoms with E-state index in [-0.39, 0.29) is 46.0 Å². The van der Waals surface area contributed by atoms with E-state index < -0.39 is 0 Å². The van der Waals surface area contributed by atoms with Crippen molar-refractivity contribution in [2.24, 2.45) is 0 Å². The van der Waals surface area contributed by atoms with E-state index in [0.29, 0.717) is 80.7 Å². The molecule has 0 unspecified atom stereocenters. The van der Waals surface area contributed by atoms with Crippen LogP contribution in [0, 0.1) is 6.92 Å². The van der Waals surface area contributed by atoms with Crippen LogP contribution in [-0.4, -0.2) is 64.3 Å². The average molecular weight is 1290 g/mol. The monoisotopic (exact) mass is 1290 g/mol. The Bertz CT molecular complexity index is 4920. The van der Waals surface area contributed by atoms with Gasteiger partial charge in [-0.2, -0.15) is 0 Å². The Morgan fingerprint density at radius 2 is 0.680 bits per heavy atom. The Labute approximate surface area is 562 Å². The van der Waals surface area contributed by atoms with Crippen LogP contribution in [0.1, 0.15) is 59.1 Å². The molecule has 12 heteroatoms. The first-order chi connectivity index (χ1) is 47.1. The predicted octanol–water partition coefficient (Wildman–Crippen LogP) is 19.8. The van der Waals surface area contributed by atoms with E-state index in [9.17, 15) is 51.1 Å². The van der Waals surface area contributed by atoms with Gasteiger partial charge in [0.05, 0.1) is 0 Å². The molecule has 0 fully saturated rings. The molecule has 0 atom stereocenters. The zero-order valence-electron chi connectivity index (χ0n) is 53.6. The normalized spacial score (nSPS) is 12.6. The lowest BCUT2D eigenvalue weighted by atomic mass is 9.85. The van der Waals surface area contributed by atoms with Crippen molar-refractivity contribution in [3.63, 3.8) is 0 Å². The average Bonchev–Trinajstić information content (AvgIpc) is 0.802. The van der Waals surface area contributed by atoms with Gasteiger partial charge < -0.3 is 60.5 Å². The minimum absolute atomic E-state index is 0.0603. The first-order valence-corrected chi connectivity index (χ1v) is 32.4. The van der Waals surface area contributed by atoms with Crippen molar-refractivity contribution in [3.8, 4) is 125 Å². The van der Waals surface area contributed by atoms with Crippen molar-refractivity contribution in [3.05, 3.63) is 270 Å². The third-order valence-corrected chi connectivity index (χ3v) is 17.9. The van der Waals surface area contributed by atoms with E-state index in [2.05, 4.69) is 18.7 Å². The molecular formula is C85H74O12. The van der Waals surface area contributed by atoms with Crippen molar-refractivity contribution >= 4 is 38.4 Å². The van der Waals surface area contributed by atoms with Crippen molar-refractivity contribution in [1.29, 1.82) is 0 Å². The zero-order valence-corrected chi connectivity index (χ0v) is 53.6. The van der Waals surface area contributed by atoms with Crippen LogP contribution in [-0.2, 0) is 25.7 Å². The van der Waals surface area contributed by atoms with Gasteiger partial charge in [0.2, 0.25) is 0 Å². The number of aromatic hydroxyl groups is 10. The van der Waals surface area contributed by atoms with Crippen molar-refractivity contribution in [2.75, 3.05) is 13.2 Å². The lowest BCUT2D eigenvalue weighted by molar-refractivity contribution is 0.171. The molecule has 10 N–H and O–H groups in total. The van der Waals surface area contributed by atoms with Crippen molar-refractivity contribution in [2.45, 2.75) is 58.3 Å². The van der Waals surface area contributed by atoms with Crippen LogP contribution in [0.5, 0.6) is 69.0 Å². The Hall–Kier alpha value is -12.0. The number of hydrogen-bond donors (Lipinski definition) is 10. The molecule has 0 amide bonds. The topological polar surface area (TPSA) is 221 Å². The molecule has 12 nitrogen and oxygen atoms in total. The van der Waals surface area contributed by atoms with Crippen molar-refractivity contribution in [1.82, 2.24) is 0 Å². The van der Waals surface area contributed by atoms with E-state index in [1.165, 1.54) is 54.0 Å². The van der Waals surface area contributed by atoms with Crippen LogP contribution in [0.25, 0.3) is 94.0 Å². The highest BCUT2D eigenvalue weighted by Gasteiger charge is 2.22. The van der Waals surface area contributed by atoms with Gasteiger partial charge in [0.15, 0.2) is 11.5 Å². The molecule has 97 heavy (non-hydrogen) atoms. The molecule has 2 aliphatic carbocycles. The van der Waals surface area contributed by atoms with Gasteiger partial charge in [-0.1, -0.05) is 158 Å². The van der Waals surface area contributed by atoms with Crippen LogP contribution in [0.3, 0.4) is 0 Å². The second-order valence-corrected chi connectivity index (χ2v) is 24.3. The van der Waals surface area contributed by atoms with E-state index in [1.807, 2.05) is 146 Å². The molecule has 0 radical (unpaired) electrons. The third-order valence-electron chi connectivity index (χ3n) is 17.9. The molecule has 0 saturated heterocycles. The number of phenols is 10. The summed E-state index contributed by atoms with van der Waals surface area (Å²) in [6.45, 7) is 6.56. The minimum Gasteiger partial charge on any atom is -0.507 e. The van der Waals surface area contributed by atoms with Crippen LogP contribution < -0.4 is 9.47 Å². The summed E-state index contributed by atoms with van der Waals surface area (Å²) in [5.41, 5.74) is 13.6. The van der Waals surface area contributed by atoms with Gasteiger partial charge in [0.25, 0.3) is 0 Å². The molecule has 1 heterocycles.